The highest BCUT2D eigenvalue weighted by molar-refractivity contribution is 5.73. The zero-order valence-electron chi connectivity index (χ0n) is 14.3. The van der Waals surface area contributed by atoms with Gasteiger partial charge in [-0.05, 0) is 19.8 Å². The normalized spacial score (nSPS) is 10.3. The van der Waals surface area contributed by atoms with Gasteiger partial charge >= 0.3 is 6.03 Å². The molecule has 0 bridgehead atoms. The summed E-state index contributed by atoms with van der Waals surface area (Å²) in [5, 5.41) is 8.09. The van der Waals surface area contributed by atoms with E-state index in [-0.39, 0.29) is 11.9 Å². The molecule has 0 heterocycles. The van der Waals surface area contributed by atoms with Crippen LogP contribution in [0.15, 0.2) is 0 Å². The zero-order valence-corrected chi connectivity index (χ0v) is 14.3. The number of rotatable bonds is 15. The molecular weight excluding hydrogens is 302 g/mol. The van der Waals surface area contributed by atoms with Gasteiger partial charge in [-0.15, -0.1) is 0 Å². The van der Waals surface area contributed by atoms with Crippen molar-refractivity contribution in [1.82, 2.24) is 16.0 Å². The SMILES string of the molecule is CCNC(=O)NCCCOCCOCCOCCCNC(C)=O. The Hall–Kier alpha value is -1.38. The van der Waals surface area contributed by atoms with Gasteiger partial charge in [-0.25, -0.2) is 4.79 Å². The van der Waals surface area contributed by atoms with Crippen LogP contribution in [0.25, 0.3) is 0 Å². The second kappa shape index (κ2) is 17.0. The van der Waals surface area contributed by atoms with Gasteiger partial charge in [0.1, 0.15) is 0 Å². The fourth-order valence-corrected chi connectivity index (χ4v) is 1.58. The molecule has 0 saturated heterocycles. The van der Waals surface area contributed by atoms with Crippen molar-refractivity contribution in [1.29, 1.82) is 0 Å². The van der Waals surface area contributed by atoms with Crippen molar-refractivity contribution in [3.8, 4) is 0 Å². The minimum absolute atomic E-state index is 0.0201. The summed E-state index contributed by atoms with van der Waals surface area (Å²) in [5.74, 6) is -0.0201. The van der Waals surface area contributed by atoms with E-state index in [0.29, 0.717) is 59.3 Å². The summed E-state index contributed by atoms with van der Waals surface area (Å²) in [6, 6.07) is -0.145. The van der Waals surface area contributed by atoms with Gasteiger partial charge in [0.25, 0.3) is 0 Å². The molecular formula is C15H31N3O5. The van der Waals surface area contributed by atoms with Crippen molar-refractivity contribution in [2.24, 2.45) is 0 Å². The maximum Gasteiger partial charge on any atom is 0.314 e. The van der Waals surface area contributed by atoms with Gasteiger partial charge in [0.15, 0.2) is 0 Å². The molecule has 0 aromatic carbocycles. The Bertz CT molecular complexity index is 303. The van der Waals surface area contributed by atoms with Crippen LogP contribution in [0.2, 0.25) is 0 Å². The summed E-state index contributed by atoms with van der Waals surface area (Å²) in [4.78, 5) is 21.7. The van der Waals surface area contributed by atoms with Gasteiger partial charge in [0.05, 0.1) is 26.4 Å². The standard InChI is InChI=1S/C15H31N3O5/c1-3-16-15(20)18-7-5-9-22-11-13-23-12-10-21-8-4-6-17-14(2)19/h3-13H2,1-2H3,(H,17,19)(H2,16,18,20). The molecule has 0 aliphatic carbocycles. The van der Waals surface area contributed by atoms with Crippen LogP contribution in [0.1, 0.15) is 26.7 Å². The molecule has 0 aromatic rings. The van der Waals surface area contributed by atoms with Crippen molar-refractivity contribution in [3.05, 3.63) is 0 Å². The Morgan fingerprint density at radius 2 is 1.22 bits per heavy atom. The lowest BCUT2D eigenvalue weighted by Gasteiger charge is -2.08. The Balaban J connectivity index is 3.05. The molecule has 3 amide bonds. The predicted molar refractivity (Wildman–Crippen MR) is 87.5 cm³/mol. The highest BCUT2D eigenvalue weighted by atomic mass is 16.5. The number of carbonyl (C=O) groups excluding carboxylic acids is 2. The van der Waals surface area contributed by atoms with Crippen molar-refractivity contribution in [3.63, 3.8) is 0 Å². The van der Waals surface area contributed by atoms with Gasteiger partial charge in [-0.3, -0.25) is 4.79 Å². The molecule has 0 aliphatic rings. The van der Waals surface area contributed by atoms with Crippen molar-refractivity contribution in [2.45, 2.75) is 26.7 Å². The number of nitrogens with one attached hydrogen (secondary N) is 3. The lowest BCUT2D eigenvalue weighted by atomic mass is 10.4. The number of amides is 3. The molecule has 0 unspecified atom stereocenters. The Labute approximate surface area is 138 Å². The smallest absolute Gasteiger partial charge is 0.314 e. The molecule has 0 aliphatic heterocycles. The van der Waals surface area contributed by atoms with Gasteiger partial charge in [-0.2, -0.15) is 0 Å². The molecule has 0 aromatic heterocycles. The third kappa shape index (κ3) is 18.6. The van der Waals surface area contributed by atoms with Crippen LogP contribution in [0.3, 0.4) is 0 Å². The maximum atomic E-state index is 11.1. The second-order valence-electron chi connectivity index (χ2n) is 4.81. The first-order valence-corrected chi connectivity index (χ1v) is 8.16. The second-order valence-corrected chi connectivity index (χ2v) is 4.81. The van der Waals surface area contributed by atoms with Crippen LogP contribution in [0, 0.1) is 0 Å². The summed E-state index contributed by atoms with van der Waals surface area (Å²) >= 11 is 0. The van der Waals surface area contributed by atoms with Crippen molar-refractivity contribution < 1.29 is 23.8 Å². The summed E-state index contributed by atoms with van der Waals surface area (Å²) in [6.45, 7) is 8.56. The molecule has 0 radical (unpaired) electrons. The van der Waals surface area contributed by atoms with E-state index < -0.39 is 0 Å². The van der Waals surface area contributed by atoms with Crippen LogP contribution in [-0.4, -0.2) is 71.2 Å². The van der Waals surface area contributed by atoms with Crippen LogP contribution in [0.5, 0.6) is 0 Å². The summed E-state index contributed by atoms with van der Waals surface area (Å²) < 4.78 is 16.1. The number of hydrogen-bond donors (Lipinski definition) is 3. The largest absolute Gasteiger partial charge is 0.379 e. The van der Waals surface area contributed by atoms with Gasteiger partial charge in [0.2, 0.25) is 5.91 Å². The predicted octanol–water partition coefficient (Wildman–Crippen LogP) is 0.272. The number of ether oxygens (including phenoxy) is 3. The first-order valence-electron chi connectivity index (χ1n) is 8.16. The first kappa shape index (κ1) is 21.6. The number of carbonyl (C=O) groups is 2. The first-order chi connectivity index (χ1) is 11.2. The lowest BCUT2D eigenvalue weighted by molar-refractivity contribution is -0.119. The zero-order chi connectivity index (χ0) is 17.2. The molecule has 3 N–H and O–H groups in total. The highest BCUT2D eigenvalue weighted by Gasteiger charge is 1.96. The lowest BCUT2D eigenvalue weighted by Crippen LogP contribution is -2.36. The molecule has 8 nitrogen and oxygen atoms in total. The number of urea groups is 1. The minimum atomic E-state index is -0.145. The van der Waals surface area contributed by atoms with E-state index in [4.69, 9.17) is 14.2 Å². The van der Waals surface area contributed by atoms with Crippen LogP contribution < -0.4 is 16.0 Å². The monoisotopic (exact) mass is 333 g/mol. The Morgan fingerprint density at radius 1 is 0.739 bits per heavy atom. The third-order valence-corrected chi connectivity index (χ3v) is 2.67. The van der Waals surface area contributed by atoms with E-state index in [9.17, 15) is 9.59 Å². The van der Waals surface area contributed by atoms with E-state index in [0.717, 1.165) is 12.8 Å². The van der Waals surface area contributed by atoms with Crippen LogP contribution in [-0.2, 0) is 19.0 Å². The maximum absolute atomic E-state index is 11.1. The summed E-state index contributed by atoms with van der Waals surface area (Å²) in [5.41, 5.74) is 0. The van der Waals surface area contributed by atoms with Crippen molar-refractivity contribution in [2.75, 3.05) is 59.3 Å². The van der Waals surface area contributed by atoms with E-state index in [1.807, 2.05) is 6.92 Å². The molecule has 8 heteroatoms. The van der Waals surface area contributed by atoms with Gasteiger partial charge in [-0.1, -0.05) is 0 Å². The fourth-order valence-electron chi connectivity index (χ4n) is 1.58. The Kier molecular flexibility index (Phi) is 16.0. The minimum Gasteiger partial charge on any atom is -0.379 e. The number of hydrogen-bond acceptors (Lipinski definition) is 5. The molecule has 0 saturated carbocycles. The molecule has 0 fully saturated rings. The van der Waals surface area contributed by atoms with E-state index >= 15 is 0 Å². The van der Waals surface area contributed by atoms with Crippen molar-refractivity contribution >= 4 is 11.9 Å². The summed E-state index contributed by atoms with van der Waals surface area (Å²) in [7, 11) is 0. The average molecular weight is 333 g/mol. The van der Waals surface area contributed by atoms with Crippen LogP contribution in [0.4, 0.5) is 4.79 Å². The summed E-state index contributed by atoms with van der Waals surface area (Å²) in [6.07, 6.45) is 1.57. The highest BCUT2D eigenvalue weighted by Crippen LogP contribution is 1.85. The Morgan fingerprint density at radius 3 is 1.70 bits per heavy atom. The molecule has 23 heavy (non-hydrogen) atoms. The van der Waals surface area contributed by atoms with E-state index in [2.05, 4.69) is 16.0 Å². The van der Waals surface area contributed by atoms with Gasteiger partial charge in [0, 0.05) is 39.8 Å². The topological polar surface area (TPSA) is 97.9 Å². The van der Waals surface area contributed by atoms with Gasteiger partial charge < -0.3 is 30.2 Å². The molecule has 136 valence electrons. The van der Waals surface area contributed by atoms with E-state index in [1.165, 1.54) is 6.92 Å². The quantitative estimate of drug-likeness (QED) is 0.374. The third-order valence-electron chi connectivity index (χ3n) is 2.67. The molecule has 0 atom stereocenters. The molecule has 0 rings (SSSR count). The van der Waals surface area contributed by atoms with E-state index in [1.54, 1.807) is 0 Å². The molecule has 0 spiro atoms. The fraction of sp³-hybridized carbons (Fsp3) is 0.867. The average Bonchev–Trinajstić information content (AvgIpc) is 2.51. The van der Waals surface area contributed by atoms with Crippen LogP contribution >= 0.6 is 0 Å².